The first-order valence-corrected chi connectivity index (χ1v) is 12.5. The van der Waals surface area contributed by atoms with E-state index in [1.807, 2.05) is 78.9 Å². The van der Waals surface area contributed by atoms with E-state index in [-0.39, 0.29) is 0 Å². The third-order valence-electron chi connectivity index (χ3n) is 6.18. The minimum absolute atomic E-state index is 0.456. The van der Waals surface area contributed by atoms with Crippen LogP contribution in [0.2, 0.25) is 0 Å². The molecule has 0 amide bonds. The van der Waals surface area contributed by atoms with Gasteiger partial charge in [-0.25, -0.2) is 4.98 Å². The maximum atomic E-state index is 11.1. The summed E-state index contributed by atoms with van der Waals surface area (Å²) in [6.45, 7) is 3.25. The van der Waals surface area contributed by atoms with E-state index in [9.17, 15) is 4.79 Å². The number of ether oxygens (including phenoxy) is 2. The van der Waals surface area contributed by atoms with Crippen LogP contribution in [0, 0.1) is 0 Å². The van der Waals surface area contributed by atoms with E-state index in [2.05, 4.69) is 29.4 Å². The smallest absolute Gasteiger partial charge is 0.325 e. The Labute approximate surface area is 223 Å². The molecule has 1 atom stereocenters. The van der Waals surface area contributed by atoms with Crippen molar-refractivity contribution in [3.05, 3.63) is 96.8 Å². The average Bonchev–Trinajstić information content (AvgIpc) is 2.93. The number of carboxylic acid groups (broad SMARTS) is 1. The number of anilines is 1. The molecule has 0 fully saturated rings. The van der Waals surface area contributed by atoms with Gasteiger partial charge in [-0.05, 0) is 48.9 Å². The van der Waals surface area contributed by atoms with Crippen LogP contribution in [0.15, 0.2) is 91.3 Å². The van der Waals surface area contributed by atoms with E-state index in [1.54, 1.807) is 19.3 Å². The summed E-state index contributed by atoms with van der Waals surface area (Å²) in [5.74, 6) is 1.43. The van der Waals surface area contributed by atoms with Crippen LogP contribution in [0.3, 0.4) is 0 Å². The van der Waals surface area contributed by atoms with Crippen molar-refractivity contribution in [1.29, 1.82) is 0 Å². The number of carboxylic acids is 1. The molecule has 8 nitrogen and oxygen atoms in total. The zero-order chi connectivity index (χ0) is 27.0. The maximum Gasteiger partial charge on any atom is 0.325 e. The Morgan fingerprint density at radius 3 is 2.42 bits per heavy atom. The fourth-order valence-corrected chi connectivity index (χ4v) is 3.79. The fourth-order valence-electron chi connectivity index (χ4n) is 3.79. The van der Waals surface area contributed by atoms with Crippen LogP contribution >= 0.6 is 0 Å². The molecule has 8 heteroatoms. The van der Waals surface area contributed by atoms with E-state index >= 15 is 0 Å². The van der Waals surface area contributed by atoms with Gasteiger partial charge in [0.2, 0.25) is 5.82 Å². The van der Waals surface area contributed by atoms with Crippen molar-refractivity contribution in [3.8, 4) is 22.8 Å². The summed E-state index contributed by atoms with van der Waals surface area (Å²) in [4.78, 5) is 20.1. The van der Waals surface area contributed by atoms with Gasteiger partial charge in [-0.1, -0.05) is 36.4 Å². The van der Waals surface area contributed by atoms with Crippen molar-refractivity contribution in [2.75, 3.05) is 32.6 Å². The van der Waals surface area contributed by atoms with Gasteiger partial charge in [-0.2, -0.15) is 4.98 Å². The van der Waals surface area contributed by atoms with Crippen molar-refractivity contribution in [2.45, 2.75) is 19.6 Å². The molecule has 196 valence electrons. The van der Waals surface area contributed by atoms with Gasteiger partial charge in [-0.3, -0.25) is 9.28 Å². The van der Waals surface area contributed by atoms with E-state index in [0.29, 0.717) is 35.7 Å². The highest BCUT2D eigenvalue weighted by Gasteiger charge is 2.22. The van der Waals surface area contributed by atoms with Gasteiger partial charge in [0.05, 0.1) is 19.8 Å². The van der Waals surface area contributed by atoms with Crippen LogP contribution in [-0.4, -0.2) is 54.3 Å². The summed E-state index contributed by atoms with van der Waals surface area (Å²) >= 11 is 0. The minimum atomic E-state index is -0.910. The van der Waals surface area contributed by atoms with Gasteiger partial charge in [0, 0.05) is 23.4 Å². The number of aromatic nitrogens is 2. The Hall–Kier alpha value is -4.43. The summed E-state index contributed by atoms with van der Waals surface area (Å²) in [6, 6.07) is 26.6. The van der Waals surface area contributed by atoms with Crippen molar-refractivity contribution < 1.29 is 19.4 Å². The van der Waals surface area contributed by atoms with E-state index in [0.717, 1.165) is 28.4 Å². The summed E-state index contributed by atoms with van der Waals surface area (Å²) in [5.41, 5.74) is 3.64. The fraction of sp³-hybridized carbons (Fsp3) is 0.233. The summed E-state index contributed by atoms with van der Waals surface area (Å²) in [6.07, 6.45) is 1.59. The Morgan fingerprint density at radius 1 is 0.921 bits per heavy atom. The molecule has 4 rings (SSSR count). The lowest BCUT2D eigenvalue weighted by Gasteiger charge is -2.28. The van der Waals surface area contributed by atoms with E-state index in [1.165, 1.54) is 0 Å². The molecule has 1 aromatic heterocycles. The Morgan fingerprint density at radius 2 is 1.68 bits per heavy atom. The summed E-state index contributed by atoms with van der Waals surface area (Å²) in [7, 11) is 4.14. The van der Waals surface area contributed by atoms with Gasteiger partial charge >= 0.3 is 5.97 Å². The number of quaternary nitrogens is 1. The molecule has 38 heavy (non-hydrogen) atoms. The molecular formula is C30H33N4O4+. The molecule has 4 aromatic rings. The predicted molar refractivity (Wildman–Crippen MR) is 149 cm³/mol. The number of nitrogens with zero attached hydrogens (tertiary/aromatic N) is 3. The lowest BCUT2D eigenvalue weighted by molar-refractivity contribution is -0.137. The van der Waals surface area contributed by atoms with Crippen molar-refractivity contribution in [2.24, 2.45) is 0 Å². The van der Waals surface area contributed by atoms with E-state index < -0.39 is 12.0 Å². The Bertz CT molecular complexity index is 1340. The number of likely N-dealkylation sites (N-methyl/N-ethyl adjacent to an activating group) is 1. The molecule has 0 aliphatic heterocycles. The van der Waals surface area contributed by atoms with Gasteiger partial charge in [0.25, 0.3) is 0 Å². The SMILES string of the molecule is C[C@H](Nc1cccc(OCC[N+](C)(C)c2cc(-c3ccc(OCc4ccccc4)cc3)ncn2)c1)C(=O)O. The minimum Gasteiger partial charge on any atom is -0.489 e. The first kappa shape index (κ1) is 26.6. The number of aliphatic carboxylic acids is 1. The van der Waals surface area contributed by atoms with Gasteiger partial charge < -0.3 is 19.9 Å². The monoisotopic (exact) mass is 513 g/mol. The second kappa shape index (κ2) is 12.2. The quantitative estimate of drug-likeness (QED) is 0.250. The molecule has 0 aliphatic rings. The standard InChI is InChI=1S/C30H32N4O4/c1-22(30(35)36)33-25-10-7-11-27(18-25)37-17-16-34(2,3)29-19-28(31-21-32-29)24-12-14-26(15-13-24)38-20-23-8-5-4-6-9-23/h4-15,18-19,21-22,33H,16-17,20H2,1-3H3/p+1/t22-/m0/s1. The lowest BCUT2D eigenvalue weighted by atomic mass is 10.1. The van der Waals surface area contributed by atoms with Crippen LogP contribution in [0.4, 0.5) is 11.5 Å². The summed E-state index contributed by atoms with van der Waals surface area (Å²) in [5, 5.41) is 12.1. The first-order chi connectivity index (χ1) is 18.3. The van der Waals surface area contributed by atoms with Crippen molar-refractivity contribution in [1.82, 2.24) is 14.5 Å². The number of carbonyl (C=O) groups is 1. The van der Waals surface area contributed by atoms with Crippen LogP contribution in [-0.2, 0) is 11.4 Å². The third-order valence-corrected chi connectivity index (χ3v) is 6.18. The molecule has 2 N–H and O–H groups in total. The van der Waals surface area contributed by atoms with Crippen LogP contribution < -0.4 is 19.3 Å². The summed E-state index contributed by atoms with van der Waals surface area (Å²) < 4.78 is 12.4. The average molecular weight is 514 g/mol. The van der Waals surface area contributed by atoms with Gasteiger partial charge in [0.15, 0.2) is 0 Å². The van der Waals surface area contributed by atoms with Crippen LogP contribution in [0.5, 0.6) is 11.5 Å². The maximum absolute atomic E-state index is 11.1. The predicted octanol–water partition coefficient (Wildman–Crippen LogP) is 5.25. The third kappa shape index (κ3) is 7.30. The zero-order valence-corrected chi connectivity index (χ0v) is 21.9. The highest BCUT2D eigenvalue weighted by molar-refractivity contribution is 5.76. The molecule has 0 aliphatic carbocycles. The molecule has 0 bridgehead atoms. The first-order valence-electron chi connectivity index (χ1n) is 12.5. The second-order valence-corrected chi connectivity index (χ2v) is 9.55. The number of hydrogen-bond acceptors (Lipinski definition) is 6. The second-order valence-electron chi connectivity index (χ2n) is 9.55. The molecule has 0 saturated carbocycles. The number of rotatable bonds is 12. The Balaban J connectivity index is 1.35. The van der Waals surface area contributed by atoms with Gasteiger partial charge in [0.1, 0.15) is 43.6 Å². The van der Waals surface area contributed by atoms with Gasteiger partial charge in [-0.15, -0.1) is 0 Å². The van der Waals surface area contributed by atoms with Crippen LogP contribution in [0.1, 0.15) is 12.5 Å². The molecule has 3 aromatic carbocycles. The van der Waals surface area contributed by atoms with Crippen LogP contribution in [0.25, 0.3) is 11.3 Å². The lowest BCUT2D eigenvalue weighted by Crippen LogP contribution is -2.44. The van der Waals surface area contributed by atoms with Crippen molar-refractivity contribution in [3.63, 3.8) is 0 Å². The molecular weight excluding hydrogens is 480 g/mol. The van der Waals surface area contributed by atoms with Crippen molar-refractivity contribution >= 4 is 17.5 Å². The number of nitrogens with one attached hydrogen (secondary N) is 1. The highest BCUT2D eigenvalue weighted by atomic mass is 16.5. The topological polar surface area (TPSA) is 93.6 Å². The highest BCUT2D eigenvalue weighted by Crippen LogP contribution is 2.25. The number of hydrogen-bond donors (Lipinski definition) is 2. The molecule has 0 unspecified atom stereocenters. The molecule has 0 saturated heterocycles. The molecule has 1 heterocycles. The largest absolute Gasteiger partial charge is 0.489 e. The normalized spacial score (nSPS) is 12.0. The van der Waals surface area contributed by atoms with E-state index in [4.69, 9.17) is 14.6 Å². The molecule has 0 spiro atoms. The zero-order valence-electron chi connectivity index (χ0n) is 21.9. The Kier molecular flexibility index (Phi) is 8.55. The molecule has 0 radical (unpaired) electrons. The number of benzene rings is 3.